The Morgan fingerprint density at radius 3 is 3.08 bits per heavy atom. The first-order chi connectivity index (χ1) is 12.1. The Kier molecular flexibility index (Phi) is 4.21. The van der Waals surface area contributed by atoms with Crippen LogP contribution in [-0.2, 0) is 4.74 Å². The number of likely N-dealkylation sites (tertiary alicyclic amines) is 1. The standard InChI is InChI=1S/C19H22N2O4/c1-14-5-6-17(24-14)18(22)21-9-3-7-19(13-21)10-16(12-23-19)25-15-4-2-8-20-11-15/h2,4-6,8,11,16H,3,7,9-10,12-13H2,1H3. The number of furan rings is 1. The van der Waals surface area contributed by atoms with Crippen LogP contribution < -0.4 is 4.74 Å². The summed E-state index contributed by atoms with van der Waals surface area (Å²) in [4.78, 5) is 18.6. The molecule has 2 aromatic rings. The minimum Gasteiger partial charge on any atom is -0.486 e. The molecule has 2 fully saturated rings. The van der Waals surface area contributed by atoms with Gasteiger partial charge in [0.25, 0.3) is 5.91 Å². The van der Waals surface area contributed by atoms with E-state index in [4.69, 9.17) is 13.9 Å². The second-order valence-electron chi connectivity index (χ2n) is 6.87. The van der Waals surface area contributed by atoms with Crippen LogP contribution in [0.15, 0.2) is 41.1 Å². The zero-order chi connectivity index (χ0) is 17.3. The largest absolute Gasteiger partial charge is 0.486 e. The van der Waals surface area contributed by atoms with Gasteiger partial charge in [-0.3, -0.25) is 9.78 Å². The van der Waals surface area contributed by atoms with Crippen LogP contribution in [0, 0.1) is 6.92 Å². The third-order valence-electron chi connectivity index (χ3n) is 4.89. The van der Waals surface area contributed by atoms with Crippen molar-refractivity contribution >= 4 is 5.91 Å². The fourth-order valence-electron chi connectivity index (χ4n) is 3.75. The first kappa shape index (κ1) is 16.1. The van der Waals surface area contributed by atoms with Gasteiger partial charge in [0, 0.05) is 19.2 Å². The molecule has 0 radical (unpaired) electrons. The normalized spacial score (nSPS) is 26.1. The summed E-state index contributed by atoms with van der Waals surface area (Å²) < 4.78 is 17.6. The van der Waals surface area contributed by atoms with Crippen LogP contribution in [0.2, 0.25) is 0 Å². The van der Waals surface area contributed by atoms with Crippen LogP contribution >= 0.6 is 0 Å². The number of aryl methyl sites for hydroxylation is 1. The summed E-state index contributed by atoms with van der Waals surface area (Å²) in [6.07, 6.45) is 6.07. The average Bonchev–Trinajstić information content (AvgIpc) is 3.22. The summed E-state index contributed by atoms with van der Waals surface area (Å²) in [6.45, 7) is 3.70. The molecular weight excluding hydrogens is 320 g/mol. The van der Waals surface area contributed by atoms with E-state index in [0.29, 0.717) is 18.9 Å². The molecule has 0 saturated carbocycles. The Labute approximate surface area is 146 Å². The maximum atomic E-state index is 12.7. The minimum atomic E-state index is -0.317. The third-order valence-corrected chi connectivity index (χ3v) is 4.89. The molecule has 0 aliphatic carbocycles. The summed E-state index contributed by atoms with van der Waals surface area (Å²) >= 11 is 0. The van der Waals surface area contributed by atoms with Crippen LogP contribution in [0.25, 0.3) is 0 Å². The van der Waals surface area contributed by atoms with E-state index in [0.717, 1.165) is 37.3 Å². The number of hydrogen-bond donors (Lipinski definition) is 0. The lowest BCUT2D eigenvalue weighted by atomic mass is 9.89. The molecule has 2 saturated heterocycles. The molecule has 2 unspecified atom stereocenters. The molecule has 4 rings (SSSR count). The lowest BCUT2D eigenvalue weighted by Gasteiger charge is -2.39. The van der Waals surface area contributed by atoms with Crippen molar-refractivity contribution in [3.63, 3.8) is 0 Å². The molecule has 2 aliphatic rings. The number of carbonyl (C=O) groups excluding carboxylic acids is 1. The summed E-state index contributed by atoms with van der Waals surface area (Å²) in [5.41, 5.74) is -0.317. The molecule has 2 atom stereocenters. The first-order valence-electron chi connectivity index (χ1n) is 8.70. The maximum Gasteiger partial charge on any atom is 0.289 e. The van der Waals surface area contributed by atoms with Gasteiger partial charge in [-0.2, -0.15) is 0 Å². The van der Waals surface area contributed by atoms with Crippen molar-refractivity contribution < 1.29 is 18.7 Å². The predicted molar refractivity (Wildman–Crippen MR) is 90.5 cm³/mol. The highest BCUT2D eigenvalue weighted by Crippen LogP contribution is 2.36. The van der Waals surface area contributed by atoms with Crippen molar-refractivity contribution in [2.75, 3.05) is 19.7 Å². The Morgan fingerprint density at radius 2 is 2.32 bits per heavy atom. The van der Waals surface area contributed by atoms with Gasteiger partial charge in [-0.1, -0.05) is 0 Å². The van der Waals surface area contributed by atoms with Gasteiger partial charge in [0.2, 0.25) is 0 Å². The van der Waals surface area contributed by atoms with Gasteiger partial charge in [0.15, 0.2) is 5.76 Å². The Hall–Kier alpha value is -2.34. The first-order valence-corrected chi connectivity index (χ1v) is 8.70. The SMILES string of the molecule is Cc1ccc(C(=O)N2CCCC3(CC(Oc4cccnc4)CO3)C2)o1. The number of carbonyl (C=O) groups is 1. The van der Waals surface area contributed by atoms with E-state index < -0.39 is 0 Å². The zero-order valence-electron chi connectivity index (χ0n) is 14.3. The molecule has 4 heterocycles. The monoisotopic (exact) mass is 342 g/mol. The van der Waals surface area contributed by atoms with Gasteiger partial charge in [0.05, 0.1) is 24.9 Å². The fourth-order valence-corrected chi connectivity index (χ4v) is 3.75. The van der Waals surface area contributed by atoms with Crippen molar-refractivity contribution in [2.45, 2.75) is 37.9 Å². The van der Waals surface area contributed by atoms with Crippen LogP contribution in [0.4, 0.5) is 0 Å². The molecule has 0 N–H and O–H groups in total. The van der Waals surface area contributed by atoms with E-state index >= 15 is 0 Å². The topological polar surface area (TPSA) is 64.8 Å². The molecule has 6 heteroatoms. The summed E-state index contributed by atoms with van der Waals surface area (Å²) in [7, 11) is 0. The number of nitrogens with zero attached hydrogens (tertiary/aromatic N) is 2. The number of amides is 1. The van der Waals surface area contributed by atoms with Crippen molar-refractivity contribution in [3.8, 4) is 5.75 Å². The van der Waals surface area contributed by atoms with Crippen molar-refractivity contribution in [3.05, 3.63) is 48.2 Å². The smallest absolute Gasteiger partial charge is 0.289 e. The van der Waals surface area contributed by atoms with E-state index in [1.807, 2.05) is 30.0 Å². The highest BCUT2D eigenvalue weighted by Gasteiger charge is 2.45. The molecule has 0 aromatic carbocycles. The van der Waals surface area contributed by atoms with Gasteiger partial charge < -0.3 is 18.8 Å². The maximum absolute atomic E-state index is 12.7. The van der Waals surface area contributed by atoms with Gasteiger partial charge in [-0.15, -0.1) is 0 Å². The third kappa shape index (κ3) is 3.39. The van der Waals surface area contributed by atoms with Crippen LogP contribution in [0.1, 0.15) is 35.6 Å². The minimum absolute atomic E-state index is 0.00916. The number of ether oxygens (including phenoxy) is 2. The number of rotatable bonds is 3. The van der Waals surface area contributed by atoms with E-state index in [1.54, 1.807) is 18.5 Å². The van der Waals surface area contributed by atoms with Crippen molar-refractivity contribution in [1.29, 1.82) is 0 Å². The molecule has 2 aromatic heterocycles. The van der Waals surface area contributed by atoms with Crippen molar-refractivity contribution in [1.82, 2.24) is 9.88 Å². The second-order valence-corrected chi connectivity index (χ2v) is 6.87. The van der Waals surface area contributed by atoms with Crippen LogP contribution in [0.5, 0.6) is 5.75 Å². The number of pyridine rings is 1. The Morgan fingerprint density at radius 1 is 1.40 bits per heavy atom. The van der Waals surface area contributed by atoms with E-state index in [2.05, 4.69) is 4.98 Å². The Bertz CT molecular complexity index is 745. The van der Waals surface area contributed by atoms with E-state index in [-0.39, 0.29) is 17.6 Å². The Balaban J connectivity index is 1.41. The predicted octanol–water partition coefficient (Wildman–Crippen LogP) is 2.83. The average molecular weight is 342 g/mol. The molecule has 2 aliphatic heterocycles. The molecule has 1 spiro atoms. The molecule has 0 bridgehead atoms. The lowest BCUT2D eigenvalue weighted by Crippen LogP contribution is -2.50. The van der Waals surface area contributed by atoms with Gasteiger partial charge in [-0.25, -0.2) is 0 Å². The molecular formula is C19H22N2O4. The summed E-state index contributed by atoms with van der Waals surface area (Å²) in [5, 5.41) is 0. The van der Waals surface area contributed by atoms with Crippen LogP contribution in [-0.4, -0.2) is 47.2 Å². The highest BCUT2D eigenvalue weighted by molar-refractivity contribution is 5.91. The quantitative estimate of drug-likeness (QED) is 0.858. The molecule has 1 amide bonds. The number of piperidine rings is 1. The summed E-state index contributed by atoms with van der Waals surface area (Å²) in [5.74, 6) is 1.84. The zero-order valence-corrected chi connectivity index (χ0v) is 14.3. The van der Waals surface area contributed by atoms with Gasteiger partial charge >= 0.3 is 0 Å². The molecule has 25 heavy (non-hydrogen) atoms. The number of aromatic nitrogens is 1. The number of hydrogen-bond acceptors (Lipinski definition) is 5. The lowest BCUT2D eigenvalue weighted by molar-refractivity contribution is -0.0459. The summed E-state index contributed by atoms with van der Waals surface area (Å²) in [6, 6.07) is 7.31. The fraction of sp³-hybridized carbons (Fsp3) is 0.474. The second kappa shape index (κ2) is 6.52. The van der Waals surface area contributed by atoms with Crippen LogP contribution in [0.3, 0.4) is 0 Å². The molecule has 6 nitrogen and oxygen atoms in total. The van der Waals surface area contributed by atoms with Gasteiger partial charge in [-0.05, 0) is 44.0 Å². The van der Waals surface area contributed by atoms with Crippen molar-refractivity contribution in [2.24, 2.45) is 0 Å². The molecule has 132 valence electrons. The van der Waals surface area contributed by atoms with Gasteiger partial charge in [0.1, 0.15) is 17.6 Å². The van der Waals surface area contributed by atoms with E-state index in [1.165, 1.54) is 0 Å². The highest BCUT2D eigenvalue weighted by atomic mass is 16.6. The van der Waals surface area contributed by atoms with E-state index in [9.17, 15) is 4.79 Å².